The first-order valence-electron chi connectivity index (χ1n) is 16.2. The van der Waals surface area contributed by atoms with Gasteiger partial charge in [-0.25, -0.2) is 0 Å². The molecule has 0 radical (unpaired) electrons. The van der Waals surface area contributed by atoms with Crippen LogP contribution in [0.15, 0.2) is 118 Å². The fourth-order valence-electron chi connectivity index (χ4n) is 5.05. The Hall–Kier alpha value is -4.20. The molecule has 0 heterocycles. The number of benzene rings is 4. The Morgan fingerprint density at radius 1 is 0.490 bits per heavy atom. The van der Waals surface area contributed by atoms with Crippen LogP contribution in [0.2, 0.25) is 0 Å². The third kappa shape index (κ3) is 12.6. The number of nitrogens with zero attached hydrogens (tertiary/aromatic N) is 6. The second-order valence-electron chi connectivity index (χ2n) is 11.3. The van der Waals surface area contributed by atoms with Crippen LogP contribution in [0, 0.1) is 20.2 Å². The lowest BCUT2D eigenvalue weighted by Crippen LogP contribution is -2.11. The number of nitro groups is 2. The lowest BCUT2D eigenvalue weighted by Gasteiger charge is -2.26. The van der Waals surface area contributed by atoms with Gasteiger partial charge in [-0.2, -0.15) is 20.5 Å². The van der Waals surface area contributed by atoms with Crippen molar-refractivity contribution < 1.29 is 14.6 Å². The van der Waals surface area contributed by atoms with Crippen molar-refractivity contribution in [1.82, 2.24) is 0 Å². The number of halogens is 2. The zero-order valence-corrected chi connectivity index (χ0v) is 30.1. The molecular formula is C36H38Br2N6O5. The van der Waals surface area contributed by atoms with Crippen LogP contribution < -0.4 is 0 Å². The molecule has 0 aliphatic carbocycles. The molecule has 2 unspecified atom stereocenters. The molecule has 11 nitrogen and oxygen atoms in total. The molecule has 4 aromatic rings. The van der Waals surface area contributed by atoms with Crippen molar-refractivity contribution in [2.45, 2.75) is 63.6 Å². The molecule has 13 heteroatoms. The molecule has 0 aliphatic rings. The van der Waals surface area contributed by atoms with E-state index in [1.54, 1.807) is 24.3 Å². The first-order chi connectivity index (χ1) is 23.9. The van der Waals surface area contributed by atoms with E-state index in [0.717, 1.165) is 73.2 Å². The predicted molar refractivity (Wildman–Crippen MR) is 199 cm³/mol. The number of hydrogen-bond acceptors (Lipinski definition) is 9. The van der Waals surface area contributed by atoms with E-state index in [-0.39, 0.29) is 23.6 Å². The van der Waals surface area contributed by atoms with Gasteiger partial charge >= 0.3 is 0 Å². The number of nitro benzene ring substituents is 2. The van der Waals surface area contributed by atoms with Crippen molar-refractivity contribution in [2.75, 3.05) is 10.7 Å². The minimum atomic E-state index is -0.445. The number of ether oxygens (including phenoxy) is 1. The highest BCUT2D eigenvalue weighted by molar-refractivity contribution is 9.09. The second kappa shape index (κ2) is 20.3. The highest BCUT2D eigenvalue weighted by Crippen LogP contribution is 2.36. The summed E-state index contributed by atoms with van der Waals surface area (Å²) in [6, 6.07) is 27.7. The molecule has 0 saturated heterocycles. The van der Waals surface area contributed by atoms with Crippen LogP contribution in [0.5, 0.6) is 0 Å². The molecule has 0 amide bonds. The first kappa shape index (κ1) is 37.6. The summed E-state index contributed by atoms with van der Waals surface area (Å²) in [4.78, 5) is 21.0. The van der Waals surface area contributed by atoms with E-state index in [4.69, 9.17) is 4.74 Å². The van der Waals surface area contributed by atoms with Gasteiger partial charge in [-0.15, -0.1) is 0 Å². The summed E-state index contributed by atoms with van der Waals surface area (Å²) >= 11 is 7.08. The smallest absolute Gasteiger partial charge is 0.269 e. The molecule has 0 aliphatic heterocycles. The van der Waals surface area contributed by atoms with Crippen LogP contribution in [-0.2, 0) is 4.74 Å². The van der Waals surface area contributed by atoms with Gasteiger partial charge in [-0.05, 0) is 85.3 Å². The first-order valence-corrected chi connectivity index (χ1v) is 18.4. The van der Waals surface area contributed by atoms with Crippen molar-refractivity contribution in [3.63, 3.8) is 0 Å². The van der Waals surface area contributed by atoms with Crippen LogP contribution >= 0.6 is 31.9 Å². The summed E-state index contributed by atoms with van der Waals surface area (Å²) in [5, 5.41) is 40.9. The largest absolute Gasteiger partial charge is 0.366 e. The Bertz CT molecular complexity index is 1540. The van der Waals surface area contributed by atoms with Gasteiger partial charge in [-0.3, -0.25) is 20.2 Å². The standard InChI is InChI=1S/C36H38Br2N6O5/c37-25-5-1-3-7-35(27-9-13-29(14-10-27)39-41-31-17-21-33(22-18-31)43(45)46)49-36(8-4-2-6-26-38)28-11-15-30(16-12-28)40-42-32-19-23-34(24-20-32)44(47)48/h9-24,35-36H,1-8,25-26H2. The highest BCUT2D eigenvalue weighted by atomic mass is 79.9. The summed E-state index contributed by atoms with van der Waals surface area (Å²) < 4.78 is 6.94. The third-order valence-corrected chi connectivity index (χ3v) is 8.86. The normalized spacial score (nSPS) is 12.8. The van der Waals surface area contributed by atoms with Gasteiger partial charge in [0.25, 0.3) is 11.4 Å². The number of azo groups is 2. The SMILES string of the molecule is O=[N+]([O-])c1ccc(N=Nc2ccc(C(CCCCCBr)OC(CCCCCBr)c3ccc(N=Nc4ccc([N+](=O)[O-])cc4)cc3)cc2)cc1. The van der Waals surface area contributed by atoms with Crippen LogP contribution in [0.4, 0.5) is 34.1 Å². The minimum absolute atomic E-state index is 0.00744. The van der Waals surface area contributed by atoms with E-state index < -0.39 is 9.85 Å². The van der Waals surface area contributed by atoms with Crippen molar-refractivity contribution >= 4 is 66.0 Å². The Morgan fingerprint density at radius 3 is 1.08 bits per heavy atom. The van der Waals surface area contributed by atoms with Gasteiger partial charge in [0, 0.05) is 34.9 Å². The maximum absolute atomic E-state index is 10.9. The van der Waals surface area contributed by atoms with Gasteiger partial charge in [-0.1, -0.05) is 81.8 Å². The van der Waals surface area contributed by atoms with E-state index in [1.165, 1.54) is 24.3 Å². The average molecular weight is 795 g/mol. The maximum Gasteiger partial charge on any atom is 0.269 e. The fourth-order valence-corrected chi connectivity index (χ4v) is 5.84. The van der Waals surface area contributed by atoms with Crippen molar-refractivity contribution in [2.24, 2.45) is 20.5 Å². The number of hydrogen-bond donors (Lipinski definition) is 0. The molecule has 4 aromatic carbocycles. The molecule has 256 valence electrons. The molecule has 4 rings (SSSR count). The number of non-ortho nitro benzene ring substituents is 2. The molecular weight excluding hydrogens is 756 g/mol. The third-order valence-electron chi connectivity index (χ3n) is 7.74. The van der Waals surface area contributed by atoms with Gasteiger partial charge in [0.1, 0.15) is 0 Å². The topological polar surface area (TPSA) is 145 Å². The molecule has 0 bridgehead atoms. The van der Waals surface area contributed by atoms with E-state index >= 15 is 0 Å². The summed E-state index contributed by atoms with van der Waals surface area (Å²) in [7, 11) is 0. The van der Waals surface area contributed by atoms with Crippen LogP contribution in [0.1, 0.15) is 74.7 Å². The summed E-state index contributed by atoms with van der Waals surface area (Å²) in [6.07, 6.45) is 7.92. The lowest BCUT2D eigenvalue weighted by atomic mass is 9.99. The number of rotatable bonds is 20. The minimum Gasteiger partial charge on any atom is -0.366 e. The predicted octanol–water partition coefficient (Wildman–Crippen LogP) is 13.0. The zero-order valence-electron chi connectivity index (χ0n) is 26.9. The molecule has 49 heavy (non-hydrogen) atoms. The molecule has 0 fully saturated rings. The zero-order chi connectivity index (χ0) is 34.8. The second-order valence-corrected chi connectivity index (χ2v) is 12.9. The van der Waals surface area contributed by atoms with E-state index in [0.29, 0.717) is 22.7 Å². The van der Waals surface area contributed by atoms with Gasteiger partial charge < -0.3 is 4.74 Å². The molecule has 2 atom stereocenters. The Kier molecular flexibility index (Phi) is 15.6. The van der Waals surface area contributed by atoms with Gasteiger partial charge in [0.15, 0.2) is 0 Å². The maximum atomic E-state index is 10.9. The Labute approximate surface area is 302 Å². The number of alkyl halides is 2. The lowest BCUT2D eigenvalue weighted by molar-refractivity contribution is -0.385. The van der Waals surface area contributed by atoms with E-state index in [2.05, 4.69) is 52.3 Å². The van der Waals surface area contributed by atoms with Crippen LogP contribution in [-0.4, -0.2) is 20.5 Å². The Morgan fingerprint density at radius 2 is 0.796 bits per heavy atom. The van der Waals surface area contributed by atoms with E-state index in [1.807, 2.05) is 48.5 Å². The summed E-state index contributed by atoms with van der Waals surface area (Å²) in [5.74, 6) is 0. The monoisotopic (exact) mass is 792 g/mol. The molecule has 0 saturated carbocycles. The Balaban J connectivity index is 1.50. The van der Waals surface area contributed by atoms with E-state index in [9.17, 15) is 20.2 Å². The highest BCUT2D eigenvalue weighted by Gasteiger charge is 2.20. The summed E-state index contributed by atoms with van der Waals surface area (Å²) in [6.45, 7) is 0. The van der Waals surface area contributed by atoms with Crippen molar-refractivity contribution in [3.8, 4) is 0 Å². The van der Waals surface area contributed by atoms with Crippen molar-refractivity contribution in [3.05, 3.63) is 128 Å². The van der Waals surface area contributed by atoms with Gasteiger partial charge in [0.2, 0.25) is 0 Å². The molecule has 0 aromatic heterocycles. The fraction of sp³-hybridized carbons (Fsp3) is 0.333. The quantitative estimate of drug-likeness (QED) is 0.0287. The van der Waals surface area contributed by atoms with Crippen LogP contribution in [0.25, 0.3) is 0 Å². The van der Waals surface area contributed by atoms with Crippen molar-refractivity contribution in [1.29, 1.82) is 0 Å². The van der Waals surface area contributed by atoms with Gasteiger partial charge in [0.05, 0.1) is 44.8 Å². The summed E-state index contributed by atoms with van der Waals surface area (Å²) in [5.41, 5.74) is 4.55. The molecule has 0 N–H and O–H groups in total. The molecule has 0 spiro atoms. The number of unbranched alkanes of at least 4 members (excludes halogenated alkanes) is 4. The van der Waals surface area contributed by atoms with Crippen LogP contribution in [0.3, 0.4) is 0 Å². The average Bonchev–Trinajstić information content (AvgIpc) is 3.13.